The van der Waals surface area contributed by atoms with Crippen molar-refractivity contribution in [1.82, 2.24) is 25.0 Å². The maximum atomic E-state index is 13.2. The smallest absolute Gasteiger partial charge is 0.336 e. The normalized spacial score (nSPS) is 11.1. The van der Waals surface area contributed by atoms with Gasteiger partial charge in [-0.3, -0.25) is 4.68 Å². The zero-order valence-corrected chi connectivity index (χ0v) is 13.6. The molecule has 4 rings (SSSR count). The quantitative estimate of drug-likeness (QED) is 0.576. The van der Waals surface area contributed by atoms with Gasteiger partial charge in [0.2, 0.25) is 0 Å². The third-order valence-corrected chi connectivity index (χ3v) is 4.04. The second-order valence-electron chi connectivity index (χ2n) is 5.81. The minimum atomic E-state index is -1.01. The van der Waals surface area contributed by atoms with E-state index in [1.54, 1.807) is 35.1 Å². The first kappa shape index (κ1) is 15.9. The molecule has 26 heavy (non-hydrogen) atoms. The first-order valence-electron chi connectivity index (χ1n) is 7.97. The Kier molecular flexibility index (Phi) is 3.92. The minimum absolute atomic E-state index is 0.180. The molecule has 0 unspecified atom stereocenters. The lowest BCUT2D eigenvalue weighted by Gasteiger charge is -2.01. The number of carboxylic acids is 1. The molecule has 2 N–H and O–H groups in total. The number of hydrogen-bond acceptors (Lipinski definition) is 4. The average Bonchev–Trinajstić information content (AvgIpc) is 3.26. The Bertz CT molecular complexity index is 1100. The molecule has 0 aliphatic carbocycles. The molecule has 0 saturated heterocycles. The van der Waals surface area contributed by atoms with E-state index in [0.717, 1.165) is 0 Å². The van der Waals surface area contributed by atoms with E-state index < -0.39 is 5.97 Å². The minimum Gasteiger partial charge on any atom is -0.478 e. The Morgan fingerprint density at radius 3 is 2.92 bits per heavy atom. The first-order chi connectivity index (χ1) is 12.6. The number of aromatic nitrogens is 5. The van der Waals surface area contributed by atoms with Crippen LogP contribution in [0.4, 0.5) is 4.39 Å². The summed E-state index contributed by atoms with van der Waals surface area (Å²) in [4.78, 5) is 18.8. The van der Waals surface area contributed by atoms with Crippen LogP contribution in [0.5, 0.6) is 0 Å². The van der Waals surface area contributed by atoms with Gasteiger partial charge in [0.25, 0.3) is 0 Å². The number of carboxylic acid groups (broad SMARTS) is 1. The summed E-state index contributed by atoms with van der Waals surface area (Å²) < 4.78 is 14.9. The summed E-state index contributed by atoms with van der Waals surface area (Å²) >= 11 is 0. The van der Waals surface area contributed by atoms with Crippen LogP contribution in [-0.4, -0.2) is 36.0 Å². The van der Waals surface area contributed by atoms with Crippen LogP contribution in [0.3, 0.4) is 0 Å². The van der Waals surface area contributed by atoms with Crippen LogP contribution >= 0.6 is 0 Å². The number of H-pyrrole nitrogens is 1. The molecule has 0 aliphatic rings. The molecule has 130 valence electrons. The fourth-order valence-corrected chi connectivity index (χ4v) is 2.80. The summed E-state index contributed by atoms with van der Waals surface area (Å²) in [6.45, 7) is 0.505. The molecule has 0 spiro atoms. The molecule has 2 heterocycles. The third-order valence-electron chi connectivity index (χ3n) is 4.04. The van der Waals surface area contributed by atoms with Gasteiger partial charge in [-0.2, -0.15) is 0 Å². The molecule has 0 amide bonds. The molecule has 0 saturated carbocycles. The largest absolute Gasteiger partial charge is 0.478 e. The monoisotopic (exact) mass is 351 g/mol. The van der Waals surface area contributed by atoms with Gasteiger partial charge >= 0.3 is 5.97 Å². The molecule has 8 heteroatoms. The molecule has 2 aromatic carbocycles. The number of hydrogen-bond donors (Lipinski definition) is 2. The predicted molar refractivity (Wildman–Crippen MR) is 92.2 cm³/mol. The standard InChI is InChI=1S/C18H14FN5O2/c19-11-5-6-14-15(9-11)21-17(20-14)7-8-24-10-16(22-23-24)12-3-1-2-4-13(12)18(25)26/h1-6,9-10H,7-8H2,(H,20,21)(H,25,26). The van der Waals surface area contributed by atoms with Crippen LogP contribution in [0.2, 0.25) is 0 Å². The molecule has 0 bridgehead atoms. The zero-order chi connectivity index (χ0) is 18.1. The van der Waals surface area contributed by atoms with Crippen molar-refractivity contribution in [3.05, 3.63) is 65.9 Å². The number of rotatable bonds is 5. The Hall–Kier alpha value is -3.55. The van der Waals surface area contributed by atoms with Gasteiger partial charge in [0.05, 0.1) is 22.8 Å². The first-order valence-corrected chi connectivity index (χ1v) is 7.97. The maximum Gasteiger partial charge on any atom is 0.336 e. The predicted octanol–water partition coefficient (Wildman–Crippen LogP) is 2.90. The van der Waals surface area contributed by atoms with E-state index in [1.165, 1.54) is 18.2 Å². The second kappa shape index (κ2) is 6.40. The van der Waals surface area contributed by atoms with Crippen LogP contribution in [0.25, 0.3) is 22.3 Å². The molecule has 7 nitrogen and oxygen atoms in total. The highest BCUT2D eigenvalue weighted by molar-refractivity contribution is 5.95. The van der Waals surface area contributed by atoms with Crippen molar-refractivity contribution in [1.29, 1.82) is 0 Å². The van der Waals surface area contributed by atoms with Crippen molar-refractivity contribution in [3.8, 4) is 11.3 Å². The van der Waals surface area contributed by atoms with Gasteiger partial charge in [0.1, 0.15) is 17.3 Å². The van der Waals surface area contributed by atoms with Crippen molar-refractivity contribution in [2.24, 2.45) is 0 Å². The summed E-state index contributed by atoms with van der Waals surface area (Å²) in [6.07, 6.45) is 2.25. The number of nitrogens with zero attached hydrogens (tertiary/aromatic N) is 4. The van der Waals surface area contributed by atoms with Gasteiger partial charge in [0, 0.05) is 18.5 Å². The van der Waals surface area contributed by atoms with Crippen molar-refractivity contribution in [2.45, 2.75) is 13.0 Å². The number of imidazole rings is 1. The Labute approximate surface area is 147 Å². The van der Waals surface area contributed by atoms with E-state index in [2.05, 4.69) is 20.3 Å². The number of halogens is 1. The summed E-state index contributed by atoms with van der Waals surface area (Å²) in [5.74, 6) is -0.607. The van der Waals surface area contributed by atoms with Gasteiger partial charge < -0.3 is 10.1 Å². The van der Waals surface area contributed by atoms with E-state index >= 15 is 0 Å². The molecule has 0 atom stereocenters. The Balaban J connectivity index is 1.52. The van der Waals surface area contributed by atoms with Gasteiger partial charge in [-0.05, 0) is 24.3 Å². The number of aromatic amines is 1. The van der Waals surface area contributed by atoms with Crippen molar-refractivity contribution >= 4 is 17.0 Å². The highest BCUT2D eigenvalue weighted by Gasteiger charge is 2.14. The molecular formula is C18H14FN5O2. The number of aromatic carboxylic acids is 1. The molecule has 0 aliphatic heterocycles. The Morgan fingerprint density at radius 2 is 2.08 bits per heavy atom. The number of aryl methyl sites for hydroxylation is 2. The number of carbonyl (C=O) groups is 1. The fraction of sp³-hybridized carbons (Fsp3) is 0.111. The van der Waals surface area contributed by atoms with E-state index in [0.29, 0.717) is 41.1 Å². The van der Waals surface area contributed by atoms with Gasteiger partial charge in [-0.1, -0.05) is 23.4 Å². The second-order valence-corrected chi connectivity index (χ2v) is 5.81. The van der Waals surface area contributed by atoms with E-state index in [4.69, 9.17) is 0 Å². The lowest BCUT2D eigenvalue weighted by molar-refractivity contribution is 0.0697. The molecule has 0 fully saturated rings. The van der Waals surface area contributed by atoms with Crippen LogP contribution in [0, 0.1) is 5.82 Å². The fourth-order valence-electron chi connectivity index (χ4n) is 2.80. The van der Waals surface area contributed by atoms with Crippen molar-refractivity contribution < 1.29 is 14.3 Å². The summed E-state index contributed by atoms with van der Waals surface area (Å²) in [6, 6.07) is 11.1. The molecular weight excluding hydrogens is 337 g/mol. The van der Waals surface area contributed by atoms with E-state index in [-0.39, 0.29) is 11.4 Å². The van der Waals surface area contributed by atoms with Crippen LogP contribution in [0.15, 0.2) is 48.7 Å². The van der Waals surface area contributed by atoms with Gasteiger partial charge in [-0.25, -0.2) is 14.2 Å². The molecule has 0 radical (unpaired) electrons. The summed E-state index contributed by atoms with van der Waals surface area (Å²) in [7, 11) is 0. The Morgan fingerprint density at radius 1 is 1.23 bits per heavy atom. The SMILES string of the molecule is O=C(O)c1ccccc1-c1cn(CCc2nc3ccc(F)cc3[nH]2)nn1. The summed E-state index contributed by atoms with van der Waals surface area (Å²) in [5.41, 5.74) is 2.55. The topological polar surface area (TPSA) is 96.7 Å². The van der Waals surface area contributed by atoms with Crippen LogP contribution in [0.1, 0.15) is 16.2 Å². The molecule has 2 aromatic heterocycles. The highest BCUT2D eigenvalue weighted by atomic mass is 19.1. The number of nitrogens with one attached hydrogen (secondary N) is 1. The zero-order valence-electron chi connectivity index (χ0n) is 13.6. The maximum absolute atomic E-state index is 13.2. The molecule has 4 aromatic rings. The highest BCUT2D eigenvalue weighted by Crippen LogP contribution is 2.21. The van der Waals surface area contributed by atoms with Gasteiger partial charge in [-0.15, -0.1) is 5.10 Å². The third kappa shape index (κ3) is 3.04. The van der Waals surface area contributed by atoms with Crippen LogP contribution < -0.4 is 0 Å². The lowest BCUT2D eigenvalue weighted by Crippen LogP contribution is -2.03. The lowest BCUT2D eigenvalue weighted by atomic mass is 10.1. The van der Waals surface area contributed by atoms with E-state index in [9.17, 15) is 14.3 Å². The summed E-state index contributed by atoms with van der Waals surface area (Å²) in [5, 5.41) is 17.4. The van der Waals surface area contributed by atoms with Crippen molar-refractivity contribution in [3.63, 3.8) is 0 Å². The average molecular weight is 351 g/mol. The number of benzene rings is 2. The van der Waals surface area contributed by atoms with E-state index in [1.807, 2.05) is 0 Å². The number of fused-ring (bicyclic) bond motifs is 1. The van der Waals surface area contributed by atoms with Crippen LogP contribution in [-0.2, 0) is 13.0 Å². The van der Waals surface area contributed by atoms with Gasteiger partial charge in [0.15, 0.2) is 0 Å². The van der Waals surface area contributed by atoms with Crippen molar-refractivity contribution in [2.75, 3.05) is 0 Å².